The standard InChI is InChI=1S/C20H30N4O3S.C4H6O4/c1-21(28(4,25)26)15-17-9-10-18(22(17)2)16-23-11-13-24(14-12-23)19-7-5-6-8-20(19)27-3;5-3(6)1-2-4(7)8/h5-10H,11-16H2,1-4H3;1-2H2,(H,5,6)(H,7,8). The highest BCUT2D eigenvalue weighted by Gasteiger charge is 2.21. The minimum atomic E-state index is -3.18. The van der Waals surface area contributed by atoms with Crippen molar-refractivity contribution in [3.05, 3.63) is 47.8 Å². The average molecular weight is 525 g/mol. The number of sulfonamides is 1. The van der Waals surface area contributed by atoms with E-state index in [9.17, 15) is 18.0 Å². The van der Waals surface area contributed by atoms with Gasteiger partial charge in [0, 0.05) is 58.2 Å². The number of nitrogens with zero attached hydrogens (tertiary/aromatic N) is 4. The number of benzene rings is 1. The van der Waals surface area contributed by atoms with Crippen LogP contribution < -0.4 is 9.64 Å². The minimum Gasteiger partial charge on any atom is -0.495 e. The number of rotatable bonds is 10. The SMILES string of the molecule is COc1ccccc1N1CCN(Cc2ccc(CN(C)S(C)(=O)=O)n2C)CC1.O=C(O)CCC(=O)O. The maximum Gasteiger partial charge on any atom is 0.303 e. The van der Waals surface area contributed by atoms with Crippen LogP contribution in [0.1, 0.15) is 24.2 Å². The Hall–Kier alpha value is -3.09. The van der Waals surface area contributed by atoms with E-state index in [-0.39, 0.29) is 12.8 Å². The Morgan fingerprint density at radius 1 is 0.972 bits per heavy atom. The van der Waals surface area contributed by atoms with Crippen molar-refractivity contribution in [1.82, 2.24) is 13.8 Å². The molecule has 0 aliphatic carbocycles. The zero-order valence-corrected chi connectivity index (χ0v) is 22.1. The van der Waals surface area contributed by atoms with Gasteiger partial charge in [-0.05, 0) is 24.3 Å². The third-order valence-corrected chi connectivity index (χ3v) is 7.28. The summed E-state index contributed by atoms with van der Waals surface area (Å²) in [5.74, 6) is -1.24. The maximum atomic E-state index is 11.7. The molecule has 1 saturated heterocycles. The summed E-state index contributed by atoms with van der Waals surface area (Å²) >= 11 is 0. The molecule has 0 atom stereocenters. The fourth-order valence-electron chi connectivity index (χ4n) is 3.74. The van der Waals surface area contributed by atoms with Gasteiger partial charge in [-0.3, -0.25) is 14.5 Å². The molecule has 1 aliphatic rings. The monoisotopic (exact) mass is 524 g/mol. The number of aliphatic carboxylic acids is 2. The predicted molar refractivity (Wildman–Crippen MR) is 137 cm³/mol. The van der Waals surface area contributed by atoms with Crippen LogP contribution in [0.5, 0.6) is 5.75 Å². The van der Waals surface area contributed by atoms with E-state index in [1.54, 1.807) is 14.2 Å². The lowest BCUT2D eigenvalue weighted by Crippen LogP contribution is -2.46. The smallest absolute Gasteiger partial charge is 0.303 e. The summed E-state index contributed by atoms with van der Waals surface area (Å²) in [5, 5.41) is 15.8. The minimum absolute atomic E-state index is 0.296. The van der Waals surface area contributed by atoms with Crippen molar-refractivity contribution in [3.63, 3.8) is 0 Å². The summed E-state index contributed by atoms with van der Waals surface area (Å²) in [5.41, 5.74) is 3.34. The molecule has 1 aromatic heterocycles. The van der Waals surface area contributed by atoms with Crippen molar-refractivity contribution < 1.29 is 33.0 Å². The van der Waals surface area contributed by atoms with Crippen molar-refractivity contribution in [3.8, 4) is 5.75 Å². The lowest BCUT2D eigenvalue weighted by molar-refractivity contribution is -0.143. The molecule has 0 radical (unpaired) electrons. The summed E-state index contributed by atoms with van der Waals surface area (Å²) in [7, 11) is 2.15. The van der Waals surface area contributed by atoms with E-state index in [0.29, 0.717) is 6.54 Å². The van der Waals surface area contributed by atoms with Crippen molar-refractivity contribution in [1.29, 1.82) is 0 Å². The first-order valence-corrected chi connectivity index (χ1v) is 13.4. The van der Waals surface area contributed by atoms with Crippen LogP contribution in [0.15, 0.2) is 36.4 Å². The largest absolute Gasteiger partial charge is 0.495 e. The lowest BCUT2D eigenvalue weighted by Gasteiger charge is -2.36. The third-order valence-electron chi connectivity index (χ3n) is 6.02. The Balaban J connectivity index is 0.000000493. The Labute approximate surface area is 212 Å². The zero-order chi connectivity index (χ0) is 26.9. The van der Waals surface area contributed by atoms with Gasteiger partial charge in [-0.25, -0.2) is 8.42 Å². The van der Waals surface area contributed by atoms with Crippen LogP contribution >= 0.6 is 0 Å². The van der Waals surface area contributed by atoms with E-state index in [2.05, 4.69) is 26.5 Å². The number of carbonyl (C=O) groups is 2. The summed E-state index contributed by atoms with van der Waals surface area (Å²) in [6.07, 6.45) is 0.642. The Bertz CT molecular complexity index is 1110. The second-order valence-electron chi connectivity index (χ2n) is 8.62. The molecule has 36 heavy (non-hydrogen) atoms. The zero-order valence-electron chi connectivity index (χ0n) is 21.3. The van der Waals surface area contributed by atoms with E-state index >= 15 is 0 Å². The summed E-state index contributed by atoms with van der Waals surface area (Å²) < 4.78 is 32.3. The van der Waals surface area contributed by atoms with Gasteiger partial charge in [0.1, 0.15) is 5.75 Å². The van der Waals surface area contributed by atoms with Crippen molar-refractivity contribution in [2.24, 2.45) is 7.05 Å². The van der Waals surface area contributed by atoms with Gasteiger partial charge in [0.25, 0.3) is 0 Å². The molecule has 0 bridgehead atoms. The molecule has 1 aromatic carbocycles. The van der Waals surface area contributed by atoms with E-state index in [1.165, 1.54) is 16.3 Å². The van der Waals surface area contributed by atoms with Crippen LogP contribution in [0.25, 0.3) is 0 Å². The Morgan fingerprint density at radius 3 is 2.06 bits per heavy atom. The topological polar surface area (TPSA) is 133 Å². The number of carboxylic acid groups (broad SMARTS) is 2. The number of ether oxygens (including phenoxy) is 1. The number of anilines is 1. The number of hydrogen-bond donors (Lipinski definition) is 2. The second kappa shape index (κ2) is 13.3. The molecule has 2 heterocycles. The molecule has 0 unspecified atom stereocenters. The van der Waals surface area contributed by atoms with Crippen LogP contribution in [0.3, 0.4) is 0 Å². The highest BCUT2D eigenvalue weighted by Crippen LogP contribution is 2.28. The van der Waals surface area contributed by atoms with Crippen molar-refractivity contribution in [2.75, 3.05) is 51.5 Å². The molecule has 2 N–H and O–H groups in total. The lowest BCUT2D eigenvalue weighted by atomic mass is 10.2. The number of methoxy groups -OCH3 is 1. The molecule has 200 valence electrons. The fraction of sp³-hybridized carbons (Fsp3) is 0.500. The second-order valence-corrected chi connectivity index (χ2v) is 10.7. The van der Waals surface area contributed by atoms with Gasteiger partial charge in [0.2, 0.25) is 10.0 Å². The van der Waals surface area contributed by atoms with E-state index < -0.39 is 22.0 Å². The van der Waals surface area contributed by atoms with Gasteiger partial charge in [0.05, 0.1) is 38.4 Å². The molecule has 1 aliphatic heterocycles. The highest BCUT2D eigenvalue weighted by atomic mass is 32.2. The normalized spacial score (nSPS) is 14.3. The molecule has 2 aromatic rings. The first kappa shape index (κ1) is 29.1. The molecular weight excluding hydrogens is 488 g/mol. The third kappa shape index (κ3) is 8.85. The van der Waals surface area contributed by atoms with E-state index in [4.69, 9.17) is 14.9 Å². The molecule has 0 spiro atoms. The van der Waals surface area contributed by atoms with Crippen LogP contribution in [0, 0.1) is 0 Å². The van der Waals surface area contributed by atoms with Crippen LogP contribution in [-0.2, 0) is 39.7 Å². The Morgan fingerprint density at radius 2 is 1.53 bits per heavy atom. The number of carboxylic acids is 2. The van der Waals surface area contributed by atoms with E-state index in [0.717, 1.165) is 49.9 Å². The van der Waals surface area contributed by atoms with E-state index in [1.807, 2.05) is 31.3 Å². The van der Waals surface area contributed by atoms with Crippen LogP contribution in [0.2, 0.25) is 0 Å². The first-order valence-electron chi connectivity index (χ1n) is 11.5. The first-order chi connectivity index (χ1) is 16.9. The van der Waals surface area contributed by atoms with Gasteiger partial charge in [-0.15, -0.1) is 0 Å². The predicted octanol–water partition coefficient (Wildman–Crippen LogP) is 1.68. The summed E-state index contributed by atoms with van der Waals surface area (Å²) in [4.78, 5) is 24.1. The molecule has 12 heteroatoms. The number of aromatic nitrogens is 1. The number of piperazine rings is 1. The van der Waals surface area contributed by atoms with Gasteiger partial charge >= 0.3 is 11.9 Å². The molecule has 0 amide bonds. The van der Waals surface area contributed by atoms with Crippen molar-refractivity contribution in [2.45, 2.75) is 25.9 Å². The summed E-state index contributed by atoms with van der Waals surface area (Å²) in [6.45, 7) is 5.10. The van der Waals surface area contributed by atoms with Gasteiger partial charge < -0.3 is 24.4 Å². The summed E-state index contributed by atoms with van der Waals surface area (Å²) in [6, 6.07) is 12.3. The fourth-order valence-corrected chi connectivity index (χ4v) is 4.11. The molecule has 3 rings (SSSR count). The van der Waals surface area contributed by atoms with Crippen molar-refractivity contribution >= 4 is 27.6 Å². The average Bonchev–Trinajstić information content (AvgIpc) is 3.16. The molecule has 11 nitrogen and oxygen atoms in total. The number of hydrogen-bond acceptors (Lipinski definition) is 7. The number of para-hydroxylation sites is 2. The maximum absolute atomic E-state index is 11.7. The van der Waals surface area contributed by atoms with Crippen LogP contribution in [0.4, 0.5) is 5.69 Å². The van der Waals surface area contributed by atoms with Crippen LogP contribution in [-0.4, -0.2) is 90.9 Å². The molecule has 1 fully saturated rings. The van der Waals surface area contributed by atoms with Gasteiger partial charge in [0.15, 0.2) is 0 Å². The highest BCUT2D eigenvalue weighted by molar-refractivity contribution is 7.88. The molecular formula is C24H36N4O7S. The molecule has 0 saturated carbocycles. The van der Waals surface area contributed by atoms with Gasteiger partial charge in [-0.1, -0.05) is 12.1 Å². The van der Waals surface area contributed by atoms with Gasteiger partial charge in [-0.2, -0.15) is 4.31 Å². The Kier molecular flexibility index (Phi) is 10.8. The quantitative estimate of drug-likeness (QED) is 0.476.